The Balaban J connectivity index is 1.60. The van der Waals surface area contributed by atoms with Crippen LogP contribution in [0.1, 0.15) is 31.4 Å². The lowest BCUT2D eigenvalue weighted by Gasteiger charge is -2.10. The molecule has 3 N–H and O–H groups in total. The monoisotopic (exact) mass is 397 g/mol. The molecule has 0 bridgehead atoms. The molecule has 1 atom stereocenters. The summed E-state index contributed by atoms with van der Waals surface area (Å²) in [5.41, 5.74) is 2.70. The van der Waals surface area contributed by atoms with Crippen molar-refractivity contribution in [2.45, 2.75) is 31.7 Å². The van der Waals surface area contributed by atoms with Gasteiger partial charge in [-0.3, -0.25) is 0 Å². The number of anilines is 3. The van der Waals surface area contributed by atoms with Crippen molar-refractivity contribution in [1.29, 1.82) is 0 Å². The molecule has 1 fully saturated rings. The predicted molar refractivity (Wildman–Crippen MR) is 111 cm³/mol. The van der Waals surface area contributed by atoms with E-state index in [2.05, 4.69) is 27.5 Å². The minimum Gasteiger partial charge on any atom is -0.508 e. The fraction of sp³-hybridized carbons (Fsp3) is 0.350. The first-order valence-electron chi connectivity index (χ1n) is 9.28. The molecular weight excluding hydrogens is 374 g/mol. The van der Waals surface area contributed by atoms with E-state index in [9.17, 15) is 5.11 Å². The third-order valence-corrected chi connectivity index (χ3v) is 5.42. The molecule has 8 heteroatoms. The number of aromatic hydroxyl groups is 1. The number of benzene rings is 1. The van der Waals surface area contributed by atoms with Gasteiger partial charge in [0.05, 0.1) is 22.9 Å². The van der Waals surface area contributed by atoms with Crippen LogP contribution in [-0.2, 0) is 4.74 Å². The molecule has 0 aliphatic heterocycles. The molecule has 0 radical (unpaired) electrons. The minimum absolute atomic E-state index is 0.185. The number of thiazole rings is 1. The first kappa shape index (κ1) is 18.6. The lowest BCUT2D eigenvalue weighted by atomic mass is 10.2. The van der Waals surface area contributed by atoms with Gasteiger partial charge in [0, 0.05) is 37.0 Å². The molecule has 4 rings (SSSR count). The van der Waals surface area contributed by atoms with Gasteiger partial charge in [-0.25, -0.2) is 15.0 Å². The highest BCUT2D eigenvalue weighted by molar-refractivity contribution is 7.19. The van der Waals surface area contributed by atoms with E-state index >= 15 is 0 Å². The fourth-order valence-corrected chi connectivity index (χ4v) is 4.10. The summed E-state index contributed by atoms with van der Waals surface area (Å²) in [6, 6.07) is 8.99. The van der Waals surface area contributed by atoms with E-state index in [1.165, 1.54) is 12.8 Å². The molecule has 7 nitrogen and oxygen atoms in total. The highest BCUT2D eigenvalue weighted by Crippen LogP contribution is 2.47. The number of methoxy groups -OCH3 is 1. The number of ether oxygens (including phenoxy) is 1. The second kappa shape index (κ2) is 8.12. The van der Waals surface area contributed by atoms with E-state index in [0.29, 0.717) is 18.5 Å². The lowest BCUT2D eigenvalue weighted by Crippen LogP contribution is -2.20. The van der Waals surface area contributed by atoms with Crippen molar-refractivity contribution in [2.24, 2.45) is 0 Å². The van der Waals surface area contributed by atoms with Crippen molar-refractivity contribution in [3.63, 3.8) is 0 Å². The summed E-state index contributed by atoms with van der Waals surface area (Å²) in [5, 5.41) is 17.1. The third-order valence-electron chi connectivity index (χ3n) is 4.39. The van der Waals surface area contributed by atoms with Gasteiger partial charge in [0.2, 0.25) is 5.95 Å². The number of aromatic nitrogens is 3. The maximum atomic E-state index is 9.64. The second-order valence-corrected chi connectivity index (χ2v) is 7.95. The Morgan fingerprint density at radius 3 is 2.89 bits per heavy atom. The topological polar surface area (TPSA) is 92.2 Å². The Bertz CT molecular complexity index is 957. The zero-order chi connectivity index (χ0) is 19.5. The largest absolute Gasteiger partial charge is 0.508 e. The first-order chi connectivity index (χ1) is 13.6. The Labute approximate surface area is 167 Å². The summed E-state index contributed by atoms with van der Waals surface area (Å²) in [6.07, 6.45) is 4.08. The fourth-order valence-electron chi connectivity index (χ4n) is 2.97. The molecule has 0 saturated heterocycles. The number of hydrogen-bond acceptors (Lipinski definition) is 8. The van der Waals surface area contributed by atoms with Crippen LogP contribution in [0.25, 0.3) is 10.6 Å². The van der Waals surface area contributed by atoms with Crippen LogP contribution in [-0.4, -0.2) is 39.8 Å². The van der Waals surface area contributed by atoms with Crippen LogP contribution >= 0.6 is 11.3 Å². The molecular formula is C20H23N5O2S. The quantitative estimate of drug-likeness (QED) is 0.520. The molecule has 1 aliphatic rings. The van der Waals surface area contributed by atoms with Gasteiger partial charge >= 0.3 is 0 Å². The number of hydrogen-bond donors (Lipinski definition) is 3. The van der Waals surface area contributed by atoms with E-state index < -0.39 is 0 Å². The van der Waals surface area contributed by atoms with E-state index in [0.717, 1.165) is 27.1 Å². The van der Waals surface area contributed by atoms with E-state index in [-0.39, 0.29) is 11.8 Å². The van der Waals surface area contributed by atoms with Gasteiger partial charge in [0.25, 0.3) is 0 Å². The predicted octanol–water partition coefficient (Wildman–Crippen LogP) is 4.37. The van der Waals surface area contributed by atoms with E-state index in [4.69, 9.17) is 9.72 Å². The zero-order valence-electron chi connectivity index (χ0n) is 15.8. The third kappa shape index (κ3) is 4.40. The van der Waals surface area contributed by atoms with Gasteiger partial charge in [-0.2, -0.15) is 0 Å². The molecule has 0 amide bonds. The number of phenols is 1. The Hall–Kier alpha value is -2.71. The summed E-state index contributed by atoms with van der Waals surface area (Å²) in [4.78, 5) is 14.9. The SMILES string of the molecule is COCC(C)Nc1nc(C2CC2)c(-c2ccnc(Nc3cccc(O)c3)n2)s1. The molecule has 0 spiro atoms. The van der Waals surface area contributed by atoms with Gasteiger partial charge in [-0.15, -0.1) is 0 Å². The summed E-state index contributed by atoms with van der Waals surface area (Å²) in [6.45, 7) is 2.70. The Kier molecular flexibility index (Phi) is 5.40. The van der Waals surface area contributed by atoms with Crippen LogP contribution in [0.4, 0.5) is 16.8 Å². The summed E-state index contributed by atoms with van der Waals surface area (Å²) in [7, 11) is 1.70. The average molecular weight is 398 g/mol. The molecule has 1 aliphatic carbocycles. The van der Waals surface area contributed by atoms with Crippen LogP contribution in [0.15, 0.2) is 36.5 Å². The van der Waals surface area contributed by atoms with Crippen molar-refractivity contribution < 1.29 is 9.84 Å². The summed E-state index contributed by atoms with van der Waals surface area (Å²) in [5.74, 6) is 1.19. The Morgan fingerprint density at radius 1 is 1.29 bits per heavy atom. The summed E-state index contributed by atoms with van der Waals surface area (Å²) < 4.78 is 5.21. The summed E-state index contributed by atoms with van der Waals surface area (Å²) >= 11 is 1.62. The highest BCUT2D eigenvalue weighted by Gasteiger charge is 2.31. The van der Waals surface area contributed by atoms with Gasteiger partial charge < -0.3 is 20.5 Å². The molecule has 146 valence electrons. The van der Waals surface area contributed by atoms with Crippen molar-refractivity contribution in [3.05, 3.63) is 42.2 Å². The maximum Gasteiger partial charge on any atom is 0.227 e. The standard InChI is InChI=1S/C20H23N5O2S/c1-12(11-27-2)22-20-25-17(13-6-7-13)18(28-20)16-8-9-21-19(24-16)23-14-4-3-5-15(26)10-14/h3-5,8-10,12-13,26H,6-7,11H2,1-2H3,(H,22,25)(H,21,23,24). The van der Waals surface area contributed by atoms with Crippen LogP contribution in [0.2, 0.25) is 0 Å². The number of rotatable bonds is 8. The van der Waals surface area contributed by atoms with E-state index in [1.807, 2.05) is 12.1 Å². The van der Waals surface area contributed by atoms with Gasteiger partial charge in [-0.1, -0.05) is 17.4 Å². The van der Waals surface area contributed by atoms with Gasteiger partial charge in [0.1, 0.15) is 5.75 Å². The first-order valence-corrected chi connectivity index (χ1v) is 10.1. The van der Waals surface area contributed by atoms with Crippen molar-refractivity contribution >= 4 is 28.1 Å². The van der Waals surface area contributed by atoms with Crippen LogP contribution in [0, 0.1) is 0 Å². The van der Waals surface area contributed by atoms with Crippen molar-refractivity contribution in [3.8, 4) is 16.3 Å². The minimum atomic E-state index is 0.185. The molecule has 1 saturated carbocycles. The number of nitrogens with one attached hydrogen (secondary N) is 2. The van der Waals surface area contributed by atoms with Crippen molar-refractivity contribution in [1.82, 2.24) is 15.0 Å². The number of phenolic OH excluding ortho intramolecular Hbond substituents is 1. The van der Waals surface area contributed by atoms with Gasteiger partial charge in [0.15, 0.2) is 5.13 Å². The highest BCUT2D eigenvalue weighted by atomic mass is 32.1. The molecule has 28 heavy (non-hydrogen) atoms. The van der Waals surface area contributed by atoms with E-state index in [1.54, 1.807) is 42.8 Å². The molecule has 2 aromatic heterocycles. The maximum absolute atomic E-state index is 9.64. The van der Waals surface area contributed by atoms with Crippen molar-refractivity contribution in [2.75, 3.05) is 24.4 Å². The lowest BCUT2D eigenvalue weighted by molar-refractivity contribution is 0.190. The average Bonchev–Trinajstić information content (AvgIpc) is 3.43. The van der Waals surface area contributed by atoms with Crippen LogP contribution < -0.4 is 10.6 Å². The molecule has 1 aromatic carbocycles. The zero-order valence-corrected chi connectivity index (χ0v) is 16.7. The van der Waals surface area contributed by atoms with Gasteiger partial charge in [-0.05, 0) is 38.0 Å². The molecule has 1 unspecified atom stereocenters. The number of nitrogens with zero attached hydrogens (tertiary/aromatic N) is 3. The molecule has 2 heterocycles. The normalized spacial score (nSPS) is 14.6. The Morgan fingerprint density at radius 2 is 2.14 bits per heavy atom. The molecule has 3 aromatic rings. The van der Waals surface area contributed by atoms with Crippen LogP contribution in [0.5, 0.6) is 5.75 Å². The smallest absolute Gasteiger partial charge is 0.227 e. The second-order valence-electron chi connectivity index (χ2n) is 6.95. The van der Waals surface area contributed by atoms with Crippen LogP contribution in [0.3, 0.4) is 0 Å².